The van der Waals surface area contributed by atoms with E-state index in [1.165, 1.54) is 90.0 Å². The molecule has 1 saturated carbocycles. The Labute approximate surface area is 128 Å². The predicted molar refractivity (Wildman–Crippen MR) is 91.3 cm³/mol. The molecule has 120 valence electrons. The van der Waals surface area contributed by atoms with Crippen LogP contribution in [0, 0.1) is 5.41 Å². The first-order chi connectivity index (χ1) is 9.64. The molecule has 0 unspecified atom stereocenters. The molecule has 0 atom stereocenters. The fraction of sp³-hybridized carbons (Fsp3) is 1.00. The van der Waals surface area contributed by atoms with E-state index in [0.717, 1.165) is 6.04 Å². The largest absolute Gasteiger partial charge is 0.313 e. The molecule has 0 bridgehead atoms. The molecule has 1 aliphatic carbocycles. The Bertz CT molecular complexity index is 218. The van der Waals surface area contributed by atoms with Gasteiger partial charge < -0.3 is 5.32 Å². The van der Waals surface area contributed by atoms with Gasteiger partial charge >= 0.3 is 0 Å². The second-order valence-corrected chi connectivity index (χ2v) is 7.75. The van der Waals surface area contributed by atoms with Crippen LogP contribution < -0.4 is 5.32 Å². The zero-order valence-corrected chi connectivity index (χ0v) is 14.5. The highest BCUT2D eigenvalue weighted by Gasteiger charge is 2.24. The summed E-state index contributed by atoms with van der Waals surface area (Å²) in [5.41, 5.74) is 0.503. The van der Waals surface area contributed by atoms with Crippen LogP contribution in [0.25, 0.3) is 0 Å². The molecule has 0 heterocycles. The van der Waals surface area contributed by atoms with Crippen LogP contribution in [0.4, 0.5) is 0 Å². The van der Waals surface area contributed by atoms with Crippen molar-refractivity contribution in [1.29, 1.82) is 0 Å². The van der Waals surface area contributed by atoms with Crippen molar-refractivity contribution < 1.29 is 0 Å². The van der Waals surface area contributed by atoms with E-state index < -0.39 is 0 Å². The maximum atomic E-state index is 3.68. The smallest absolute Gasteiger partial charge is 0.00684 e. The van der Waals surface area contributed by atoms with Gasteiger partial charge in [-0.1, -0.05) is 85.0 Å². The van der Waals surface area contributed by atoms with Gasteiger partial charge in [-0.05, 0) is 24.7 Å². The van der Waals surface area contributed by atoms with E-state index in [1.807, 2.05) is 0 Å². The van der Waals surface area contributed by atoms with Crippen LogP contribution in [0.2, 0.25) is 0 Å². The van der Waals surface area contributed by atoms with Crippen molar-refractivity contribution in [3.8, 4) is 0 Å². The van der Waals surface area contributed by atoms with Crippen LogP contribution >= 0.6 is 0 Å². The van der Waals surface area contributed by atoms with Crippen LogP contribution in [-0.4, -0.2) is 12.6 Å². The van der Waals surface area contributed by atoms with E-state index in [-0.39, 0.29) is 0 Å². The third-order valence-electron chi connectivity index (χ3n) is 4.65. The molecular formula is C19H39N. The molecule has 0 radical (unpaired) electrons. The first kappa shape index (κ1) is 18.0. The molecule has 1 N–H and O–H groups in total. The number of hydrogen-bond donors (Lipinski definition) is 1. The quantitative estimate of drug-likeness (QED) is 0.381. The Morgan fingerprint density at radius 1 is 0.800 bits per heavy atom. The highest BCUT2D eigenvalue weighted by Crippen LogP contribution is 2.26. The average Bonchev–Trinajstić information content (AvgIpc) is 3.23. The summed E-state index contributed by atoms with van der Waals surface area (Å²) < 4.78 is 0. The lowest BCUT2D eigenvalue weighted by Gasteiger charge is -2.25. The fourth-order valence-corrected chi connectivity index (χ4v) is 2.89. The lowest BCUT2D eigenvalue weighted by molar-refractivity contribution is 0.300. The monoisotopic (exact) mass is 281 g/mol. The van der Waals surface area contributed by atoms with E-state index in [0.29, 0.717) is 5.41 Å². The maximum absolute atomic E-state index is 3.68. The van der Waals surface area contributed by atoms with Gasteiger partial charge in [0.25, 0.3) is 0 Å². The average molecular weight is 282 g/mol. The standard InChI is InChI=1S/C19H39N/c1-4-5-6-7-8-9-10-11-12-13-16-19(2,3)17-20-18-14-15-18/h18,20H,4-17H2,1-3H3. The first-order valence-electron chi connectivity index (χ1n) is 9.37. The van der Waals surface area contributed by atoms with Crippen molar-refractivity contribution in [3.05, 3.63) is 0 Å². The molecule has 20 heavy (non-hydrogen) atoms. The molecule has 1 rings (SSSR count). The summed E-state index contributed by atoms with van der Waals surface area (Å²) in [4.78, 5) is 0. The lowest BCUT2D eigenvalue weighted by atomic mass is 9.86. The number of unbranched alkanes of at least 4 members (excludes halogenated alkanes) is 9. The predicted octanol–water partition coefficient (Wildman–Crippen LogP) is 6.08. The second kappa shape index (κ2) is 10.7. The maximum Gasteiger partial charge on any atom is 0.00684 e. The van der Waals surface area contributed by atoms with Crippen LogP contribution in [0.3, 0.4) is 0 Å². The molecule has 0 aromatic heterocycles. The fourth-order valence-electron chi connectivity index (χ4n) is 2.89. The van der Waals surface area contributed by atoms with Crippen LogP contribution in [0.15, 0.2) is 0 Å². The third-order valence-corrected chi connectivity index (χ3v) is 4.65. The molecule has 0 aromatic rings. The summed E-state index contributed by atoms with van der Waals surface area (Å²) in [7, 11) is 0. The minimum Gasteiger partial charge on any atom is -0.313 e. The summed E-state index contributed by atoms with van der Waals surface area (Å²) in [6.07, 6.45) is 18.7. The molecule has 0 spiro atoms. The van der Waals surface area contributed by atoms with Crippen molar-refractivity contribution in [2.24, 2.45) is 5.41 Å². The summed E-state index contributed by atoms with van der Waals surface area (Å²) in [5, 5.41) is 3.68. The normalized spacial score (nSPS) is 15.8. The molecule has 0 aliphatic heterocycles. The molecular weight excluding hydrogens is 242 g/mol. The molecule has 1 fully saturated rings. The number of rotatable bonds is 14. The zero-order valence-electron chi connectivity index (χ0n) is 14.5. The van der Waals surface area contributed by atoms with Gasteiger partial charge in [0, 0.05) is 12.6 Å². The Kier molecular flexibility index (Phi) is 9.59. The molecule has 1 heteroatoms. The van der Waals surface area contributed by atoms with Crippen LogP contribution in [0.1, 0.15) is 104 Å². The number of hydrogen-bond acceptors (Lipinski definition) is 1. The Morgan fingerprint density at radius 3 is 1.80 bits per heavy atom. The summed E-state index contributed by atoms with van der Waals surface area (Å²) >= 11 is 0. The van der Waals surface area contributed by atoms with Crippen molar-refractivity contribution in [1.82, 2.24) is 5.32 Å². The van der Waals surface area contributed by atoms with Gasteiger partial charge in [0.2, 0.25) is 0 Å². The topological polar surface area (TPSA) is 12.0 Å². The van der Waals surface area contributed by atoms with E-state index in [4.69, 9.17) is 0 Å². The van der Waals surface area contributed by atoms with Gasteiger partial charge in [-0.25, -0.2) is 0 Å². The van der Waals surface area contributed by atoms with Gasteiger partial charge in [-0.15, -0.1) is 0 Å². The Morgan fingerprint density at radius 2 is 1.30 bits per heavy atom. The van der Waals surface area contributed by atoms with E-state index in [9.17, 15) is 0 Å². The summed E-state index contributed by atoms with van der Waals surface area (Å²) in [5.74, 6) is 0. The second-order valence-electron chi connectivity index (χ2n) is 7.75. The van der Waals surface area contributed by atoms with Crippen molar-refractivity contribution in [3.63, 3.8) is 0 Å². The van der Waals surface area contributed by atoms with Crippen molar-refractivity contribution in [2.45, 2.75) is 110 Å². The highest BCUT2D eigenvalue weighted by atomic mass is 15.0. The summed E-state index contributed by atoms with van der Waals surface area (Å²) in [6, 6.07) is 0.863. The zero-order chi connectivity index (χ0) is 14.7. The Hall–Kier alpha value is -0.0400. The SMILES string of the molecule is CCCCCCCCCCCCC(C)(C)CNC1CC1. The minimum atomic E-state index is 0.503. The van der Waals surface area contributed by atoms with Crippen molar-refractivity contribution in [2.75, 3.05) is 6.54 Å². The van der Waals surface area contributed by atoms with Gasteiger partial charge in [0.15, 0.2) is 0 Å². The molecule has 0 amide bonds. The molecule has 0 saturated heterocycles. The van der Waals surface area contributed by atoms with Gasteiger partial charge in [0.1, 0.15) is 0 Å². The van der Waals surface area contributed by atoms with Gasteiger partial charge in [-0.2, -0.15) is 0 Å². The van der Waals surface area contributed by atoms with E-state index in [2.05, 4.69) is 26.1 Å². The summed E-state index contributed by atoms with van der Waals surface area (Å²) in [6.45, 7) is 8.36. The minimum absolute atomic E-state index is 0.503. The highest BCUT2D eigenvalue weighted by molar-refractivity contribution is 4.83. The van der Waals surface area contributed by atoms with Crippen molar-refractivity contribution >= 4 is 0 Å². The molecule has 1 nitrogen and oxygen atoms in total. The first-order valence-corrected chi connectivity index (χ1v) is 9.37. The van der Waals surface area contributed by atoms with Gasteiger partial charge in [0.05, 0.1) is 0 Å². The van der Waals surface area contributed by atoms with E-state index in [1.54, 1.807) is 0 Å². The van der Waals surface area contributed by atoms with Crippen LogP contribution in [-0.2, 0) is 0 Å². The number of nitrogens with one attached hydrogen (secondary N) is 1. The van der Waals surface area contributed by atoms with Crippen LogP contribution in [0.5, 0.6) is 0 Å². The van der Waals surface area contributed by atoms with E-state index >= 15 is 0 Å². The molecule has 1 aliphatic rings. The van der Waals surface area contributed by atoms with Gasteiger partial charge in [-0.3, -0.25) is 0 Å². The lowest BCUT2D eigenvalue weighted by Crippen LogP contribution is -2.30. The molecule has 0 aromatic carbocycles. The third kappa shape index (κ3) is 10.7. The Balaban J connectivity index is 1.80.